The predicted molar refractivity (Wildman–Crippen MR) is 142 cm³/mol. The molecule has 38 heavy (non-hydrogen) atoms. The molecule has 1 aliphatic heterocycles. The lowest BCUT2D eigenvalue weighted by atomic mass is 10.0. The minimum atomic E-state index is -1.06. The largest absolute Gasteiger partial charge is 0.480 e. The van der Waals surface area contributed by atoms with Crippen molar-refractivity contribution in [3.8, 4) is 0 Å². The number of carbonyl (C=O) groups is 3. The average Bonchev–Trinajstić information content (AvgIpc) is 2.73. The number of carboxylic acids is 1. The molecule has 1 aliphatic rings. The lowest BCUT2D eigenvalue weighted by molar-refractivity contribution is -0.140. The number of carboxylic acid groups (broad SMARTS) is 1. The van der Waals surface area contributed by atoms with Crippen molar-refractivity contribution >= 4 is 35.6 Å². The third kappa shape index (κ3) is 9.72. The van der Waals surface area contributed by atoms with E-state index in [1.807, 2.05) is 0 Å². The van der Waals surface area contributed by atoms with Crippen LogP contribution in [0.4, 0.5) is 27.0 Å². The molecular weight excluding hydrogens is 500 g/mol. The molecule has 0 saturated heterocycles. The molecule has 3 atom stereocenters. The van der Waals surface area contributed by atoms with Gasteiger partial charge in [0.15, 0.2) is 11.5 Å². The number of ether oxygens (including phenoxy) is 2. The molecule has 14 heteroatoms. The maximum Gasteiger partial charge on any atom is 0.415 e. The number of fused-ring (bicyclic) bond motifs is 1. The van der Waals surface area contributed by atoms with E-state index >= 15 is 0 Å². The van der Waals surface area contributed by atoms with E-state index in [2.05, 4.69) is 20.6 Å². The Bertz CT molecular complexity index is 1040. The van der Waals surface area contributed by atoms with Crippen molar-refractivity contribution in [1.82, 2.24) is 15.3 Å². The Kier molecular flexibility index (Phi) is 10.9. The molecule has 2 amide bonds. The Labute approximate surface area is 222 Å². The standard InChI is InChI=1S/C14H23N5O4.C10H19NO4/c1-5-8(20)7-6-16-10-9(11(21)18-12(15)17-10)19(7)13(22)23-14(2,3)4;1-6(2)7(8(12)13)11-9(14)15-10(3,4)5/h7-8,20H,5-6H2,1-4H3,(H4,15,16,17,18,21);6-7H,1-5H3,(H,11,14)(H,12,13). The zero-order valence-corrected chi connectivity index (χ0v) is 23.5. The van der Waals surface area contributed by atoms with Gasteiger partial charge in [-0.15, -0.1) is 0 Å². The van der Waals surface area contributed by atoms with Gasteiger partial charge in [0.2, 0.25) is 5.95 Å². The second kappa shape index (κ2) is 12.8. The fraction of sp³-hybridized carbons (Fsp3) is 0.708. The Morgan fingerprint density at radius 2 is 1.71 bits per heavy atom. The second-order valence-corrected chi connectivity index (χ2v) is 11.1. The number of alkyl carbamates (subject to hydrolysis) is 1. The van der Waals surface area contributed by atoms with Crippen LogP contribution in [0.1, 0.15) is 68.7 Å². The first-order valence-corrected chi connectivity index (χ1v) is 12.3. The number of anilines is 3. The highest BCUT2D eigenvalue weighted by Gasteiger charge is 2.40. The van der Waals surface area contributed by atoms with Crippen molar-refractivity contribution in [3.05, 3.63) is 10.4 Å². The number of amides is 2. The number of carbonyl (C=O) groups excluding carboxylic acids is 2. The summed E-state index contributed by atoms with van der Waals surface area (Å²) in [4.78, 5) is 54.5. The van der Waals surface area contributed by atoms with Crippen molar-refractivity contribution in [3.63, 3.8) is 0 Å². The van der Waals surface area contributed by atoms with Crippen molar-refractivity contribution in [2.45, 2.75) is 98.1 Å². The van der Waals surface area contributed by atoms with E-state index in [1.165, 1.54) is 0 Å². The molecule has 0 fully saturated rings. The first-order chi connectivity index (χ1) is 17.3. The average molecular weight is 543 g/mol. The molecule has 2 rings (SSSR count). The third-order valence-corrected chi connectivity index (χ3v) is 5.02. The highest BCUT2D eigenvalue weighted by Crippen LogP contribution is 2.30. The number of hydrogen-bond donors (Lipinski definition) is 6. The Balaban J connectivity index is 0.000000420. The van der Waals surface area contributed by atoms with E-state index in [0.29, 0.717) is 6.42 Å². The number of rotatable bonds is 5. The van der Waals surface area contributed by atoms with E-state index < -0.39 is 53.1 Å². The number of H-pyrrole nitrogens is 1. The quantitative estimate of drug-likeness (QED) is 0.318. The van der Waals surface area contributed by atoms with Gasteiger partial charge in [-0.05, 0) is 53.9 Å². The zero-order valence-electron chi connectivity index (χ0n) is 23.5. The maximum atomic E-state index is 12.6. The van der Waals surface area contributed by atoms with Crippen LogP contribution >= 0.6 is 0 Å². The number of nitrogens with two attached hydrogens (primary N) is 1. The third-order valence-electron chi connectivity index (χ3n) is 5.02. The minimum Gasteiger partial charge on any atom is -0.480 e. The van der Waals surface area contributed by atoms with Gasteiger partial charge < -0.3 is 36.1 Å². The first-order valence-electron chi connectivity index (χ1n) is 12.3. The van der Waals surface area contributed by atoms with E-state index in [1.54, 1.807) is 62.3 Å². The number of aliphatic hydroxyl groups is 1. The number of nitrogens with zero attached hydrogens (tertiary/aromatic N) is 2. The van der Waals surface area contributed by atoms with Crippen LogP contribution in [0.5, 0.6) is 0 Å². The SMILES string of the molecule is CC(C)C(NC(=O)OC(C)(C)C)C(=O)O.CCC(O)C1CNc2nc(N)[nH]c(=O)c2N1C(=O)OC(C)(C)C. The zero-order chi connectivity index (χ0) is 29.6. The van der Waals surface area contributed by atoms with Crippen LogP contribution < -0.4 is 26.8 Å². The van der Waals surface area contributed by atoms with Gasteiger partial charge in [0.05, 0.1) is 12.1 Å². The van der Waals surface area contributed by atoms with Crippen molar-refractivity contribution in [2.75, 3.05) is 22.5 Å². The van der Waals surface area contributed by atoms with Crippen LogP contribution in [0.3, 0.4) is 0 Å². The number of aromatic nitrogens is 2. The molecule has 0 spiro atoms. The fourth-order valence-electron chi connectivity index (χ4n) is 3.36. The molecule has 0 aliphatic carbocycles. The van der Waals surface area contributed by atoms with E-state index in [9.17, 15) is 24.3 Å². The number of nitrogen functional groups attached to an aromatic ring is 1. The number of aliphatic carboxylic acids is 1. The van der Waals surface area contributed by atoms with Gasteiger partial charge in [0, 0.05) is 6.54 Å². The monoisotopic (exact) mass is 542 g/mol. The Morgan fingerprint density at radius 1 is 1.16 bits per heavy atom. The van der Waals surface area contributed by atoms with Gasteiger partial charge in [-0.3, -0.25) is 14.7 Å². The van der Waals surface area contributed by atoms with E-state index in [-0.39, 0.29) is 29.9 Å². The summed E-state index contributed by atoms with van der Waals surface area (Å²) in [7, 11) is 0. The molecular formula is C24H42N6O8. The lowest BCUT2D eigenvalue weighted by Gasteiger charge is -2.39. The molecule has 1 aromatic heterocycles. The molecule has 0 saturated carbocycles. The van der Waals surface area contributed by atoms with Crippen molar-refractivity contribution in [2.24, 2.45) is 5.92 Å². The smallest absolute Gasteiger partial charge is 0.415 e. The van der Waals surface area contributed by atoms with Crippen LogP contribution in [0, 0.1) is 5.92 Å². The molecule has 0 bridgehead atoms. The van der Waals surface area contributed by atoms with Crippen LogP contribution in [0.25, 0.3) is 0 Å². The maximum absolute atomic E-state index is 12.6. The molecule has 7 N–H and O–H groups in total. The van der Waals surface area contributed by atoms with Gasteiger partial charge in [0.25, 0.3) is 5.56 Å². The molecule has 1 aromatic rings. The van der Waals surface area contributed by atoms with Crippen LogP contribution in [0.15, 0.2) is 4.79 Å². The molecule has 2 heterocycles. The topological polar surface area (TPSA) is 209 Å². The number of hydrogen-bond acceptors (Lipinski definition) is 10. The van der Waals surface area contributed by atoms with E-state index in [4.69, 9.17) is 20.3 Å². The minimum absolute atomic E-state index is 0.00259. The summed E-state index contributed by atoms with van der Waals surface area (Å²) in [6.07, 6.45) is -1.82. The van der Waals surface area contributed by atoms with Gasteiger partial charge in [-0.2, -0.15) is 4.98 Å². The Hall–Kier alpha value is -3.55. The summed E-state index contributed by atoms with van der Waals surface area (Å²) < 4.78 is 10.3. The summed E-state index contributed by atoms with van der Waals surface area (Å²) in [5, 5.41) is 24.3. The Morgan fingerprint density at radius 3 is 2.16 bits per heavy atom. The fourth-order valence-corrected chi connectivity index (χ4v) is 3.36. The summed E-state index contributed by atoms with van der Waals surface area (Å²) in [6.45, 7) is 15.8. The molecule has 0 aromatic carbocycles. The van der Waals surface area contributed by atoms with Crippen LogP contribution in [-0.4, -0.2) is 74.3 Å². The summed E-state index contributed by atoms with van der Waals surface area (Å²) in [5.41, 5.74) is 3.60. The lowest BCUT2D eigenvalue weighted by Crippen LogP contribution is -2.56. The normalized spacial score (nSPS) is 16.7. The first kappa shape index (κ1) is 32.5. The van der Waals surface area contributed by atoms with Gasteiger partial charge in [-0.25, -0.2) is 14.4 Å². The highest BCUT2D eigenvalue weighted by molar-refractivity contribution is 5.93. The van der Waals surface area contributed by atoms with Crippen molar-refractivity contribution in [1.29, 1.82) is 0 Å². The highest BCUT2D eigenvalue weighted by atomic mass is 16.6. The van der Waals surface area contributed by atoms with Gasteiger partial charge in [-0.1, -0.05) is 20.8 Å². The van der Waals surface area contributed by atoms with Crippen LogP contribution in [0.2, 0.25) is 0 Å². The molecule has 0 radical (unpaired) electrons. The van der Waals surface area contributed by atoms with Crippen LogP contribution in [-0.2, 0) is 14.3 Å². The predicted octanol–water partition coefficient (Wildman–Crippen LogP) is 2.28. The molecule has 216 valence electrons. The summed E-state index contributed by atoms with van der Waals surface area (Å²) >= 11 is 0. The number of aromatic amines is 1. The number of nitrogens with one attached hydrogen (secondary N) is 3. The van der Waals surface area contributed by atoms with E-state index in [0.717, 1.165) is 4.90 Å². The number of aliphatic hydroxyl groups excluding tert-OH is 1. The molecule has 14 nitrogen and oxygen atoms in total. The van der Waals surface area contributed by atoms with Gasteiger partial charge >= 0.3 is 18.2 Å². The van der Waals surface area contributed by atoms with Gasteiger partial charge in [0.1, 0.15) is 17.2 Å². The summed E-state index contributed by atoms with van der Waals surface area (Å²) in [6, 6.07) is -1.56. The molecule has 3 unspecified atom stereocenters. The van der Waals surface area contributed by atoms with Crippen molar-refractivity contribution < 1.29 is 34.1 Å². The second-order valence-electron chi connectivity index (χ2n) is 11.1. The summed E-state index contributed by atoms with van der Waals surface area (Å²) in [5.74, 6) is -1.11.